The number of allylic oxidation sites excluding steroid dienone is 1. The van der Waals surface area contributed by atoms with Gasteiger partial charge in [-0.15, -0.1) is 0 Å². The van der Waals surface area contributed by atoms with Crippen LogP contribution in [0.1, 0.15) is 30.5 Å². The van der Waals surface area contributed by atoms with E-state index in [-0.39, 0.29) is 18.9 Å². The molecule has 2 aliphatic rings. The molecule has 0 aliphatic carbocycles. The summed E-state index contributed by atoms with van der Waals surface area (Å²) in [5, 5.41) is 5.47. The fourth-order valence-electron chi connectivity index (χ4n) is 4.20. The second-order valence-electron chi connectivity index (χ2n) is 8.18. The van der Waals surface area contributed by atoms with Gasteiger partial charge in [-0.2, -0.15) is 0 Å². The van der Waals surface area contributed by atoms with Crippen LogP contribution in [0.15, 0.2) is 82.7 Å². The summed E-state index contributed by atoms with van der Waals surface area (Å²) in [6.07, 6.45) is 4.99. The Morgan fingerprint density at radius 2 is 2.05 bits per heavy atom. The fourth-order valence-corrected chi connectivity index (χ4v) is 5.16. The van der Waals surface area contributed by atoms with E-state index in [2.05, 4.69) is 21.9 Å². The average Bonchev–Trinajstić information content (AvgIpc) is 3.31. The van der Waals surface area contributed by atoms with Crippen molar-refractivity contribution in [2.45, 2.75) is 25.9 Å². The Morgan fingerprint density at radius 1 is 1.22 bits per heavy atom. The molecule has 3 heterocycles. The zero-order valence-corrected chi connectivity index (χ0v) is 21.7. The lowest BCUT2D eigenvalue weighted by molar-refractivity contribution is -0.138. The average molecular weight is 521 g/mol. The van der Waals surface area contributed by atoms with Gasteiger partial charge < -0.3 is 24.4 Å². The van der Waals surface area contributed by atoms with Crippen LogP contribution in [0.5, 0.6) is 11.5 Å². The van der Waals surface area contributed by atoms with Crippen molar-refractivity contribution in [1.82, 2.24) is 15.2 Å². The topological polar surface area (TPSA) is 102 Å². The molecule has 2 aliphatic heterocycles. The largest absolute Gasteiger partial charge is 0.493 e. The van der Waals surface area contributed by atoms with E-state index in [1.54, 1.807) is 39.6 Å². The number of nitrogens with one attached hydrogen (secondary N) is 1. The summed E-state index contributed by atoms with van der Waals surface area (Å²) in [7, 11) is 3.10. The van der Waals surface area contributed by atoms with Crippen molar-refractivity contribution >= 4 is 28.8 Å². The number of amidine groups is 1. The van der Waals surface area contributed by atoms with Gasteiger partial charge in [0.1, 0.15) is 6.61 Å². The van der Waals surface area contributed by atoms with Crippen LogP contribution in [0.25, 0.3) is 0 Å². The van der Waals surface area contributed by atoms with Gasteiger partial charge in [0.25, 0.3) is 0 Å². The third kappa shape index (κ3) is 5.54. The lowest BCUT2D eigenvalue weighted by Gasteiger charge is -2.37. The standard InChI is InChI=1S/C27H28N4O5S/c1-5-12-36-26(33)23-17(2)30-27-31(24(23)20-9-6-10-21(34-3)25(20)35-4)19(16-37-27)13-22(32)29-15-18-8-7-11-28-14-18/h5-11,14,16,24H,1,12-13,15H2,2-4H3,(H,29,32)/t24-/m0/s1. The number of hydrogen-bond donors (Lipinski definition) is 1. The Labute approximate surface area is 219 Å². The Balaban J connectivity index is 1.69. The highest BCUT2D eigenvalue weighted by Crippen LogP contribution is 2.48. The monoisotopic (exact) mass is 520 g/mol. The molecule has 1 aromatic heterocycles. The van der Waals surface area contributed by atoms with Gasteiger partial charge in [0, 0.05) is 30.2 Å². The number of rotatable bonds is 10. The van der Waals surface area contributed by atoms with Crippen molar-refractivity contribution in [2.75, 3.05) is 20.8 Å². The smallest absolute Gasteiger partial charge is 0.338 e. The van der Waals surface area contributed by atoms with E-state index >= 15 is 0 Å². The van der Waals surface area contributed by atoms with Crippen LogP contribution < -0.4 is 14.8 Å². The van der Waals surface area contributed by atoms with Gasteiger partial charge in [-0.1, -0.05) is 42.6 Å². The maximum atomic E-state index is 13.3. The van der Waals surface area contributed by atoms with Crippen LogP contribution >= 0.6 is 11.8 Å². The first kappa shape index (κ1) is 26.0. The number of fused-ring (bicyclic) bond motifs is 1. The van der Waals surface area contributed by atoms with E-state index in [0.29, 0.717) is 45.7 Å². The summed E-state index contributed by atoms with van der Waals surface area (Å²) in [5.41, 5.74) is 3.16. The zero-order valence-electron chi connectivity index (χ0n) is 20.9. The minimum Gasteiger partial charge on any atom is -0.493 e. The SMILES string of the molecule is C=CCOC(=O)C1=C(C)N=C2SC=C(CC(=O)NCc3cccnc3)N2[C@H]1c1cccc(OC)c1OC. The van der Waals surface area contributed by atoms with Crippen LogP contribution in [-0.4, -0.2) is 47.8 Å². The van der Waals surface area contributed by atoms with Gasteiger partial charge in [0.2, 0.25) is 5.91 Å². The first-order valence-electron chi connectivity index (χ1n) is 11.6. The first-order valence-corrected chi connectivity index (χ1v) is 12.4. The molecule has 0 bridgehead atoms. The predicted molar refractivity (Wildman–Crippen MR) is 142 cm³/mol. The molecule has 192 valence electrons. The van der Waals surface area contributed by atoms with E-state index in [4.69, 9.17) is 14.2 Å². The molecule has 1 amide bonds. The van der Waals surface area contributed by atoms with E-state index in [1.807, 2.05) is 34.6 Å². The summed E-state index contributed by atoms with van der Waals surface area (Å²) >= 11 is 1.40. The number of para-hydroxylation sites is 1. The number of methoxy groups -OCH3 is 2. The minimum absolute atomic E-state index is 0.0579. The lowest BCUT2D eigenvalue weighted by atomic mass is 9.92. The van der Waals surface area contributed by atoms with Crippen LogP contribution in [0.2, 0.25) is 0 Å². The molecule has 1 N–H and O–H groups in total. The maximum Gasteiger partial charge on any atom is 0.338 e. The Bertz CT molecular complexity index is 1290. The molecule has 9 nitrogen and oxygen atoms in total. The molecule has 0 saturated carbocycles. The summed E-state index contributed by atoms with van der Waals surface area (Å²) in [6, 6.07) is 8.55. The number of hydrogen-bond acceptors (Lipinski definition) is 9. The summed E-state index contributed by atoms with van der Waals surface area (Å²) in [6.45, 7) is 5.82. The number of amides is 1. The van der Waals surface area contributed by atoms with Crippen LogP contribution in [-0.2, 0) is 20.9 Å². The molecular weight excluding hydrogens is 492 g/mol. The number of aliphatic imine (C=N–C) groups is 1. The van der Waals surface area contributed by atoms with Gasteiger partial charge >= 0.3 is 5.97 Å². The van der Waals surface area contributed by atoms with Gasteiger partial charge in [-0.25, -0.2) is 9.79 Å². The number of nitrogens with zero attached hydrogens (tertiary/aromatic N) is 3. The van der Waals surface area contributed by atoms with Crippen molar-refractivity contribution in [3.05, 3.63) is 88.9 Å². The Kier molecular flexibility index (Phi) is 8.29. The summed E-state index contributed by atoms with van der Waals surface area (Å²) in [4.78, 5) is 36.8. The molecule has 0 unspecified atom stereocenters. The number of aromatic nitrogens is 1. The van der Waals surface area contributed by atoms with Crippen LogP contribution in [0.4, 0.5) is 0 Å². The van der Waals surface area contributed by atoms with Gasteiger partial charge in [-0.05, 0) is 30.0 Å². The Hall–Kier alpha value is -4.05. The number of thioether (sulfide) groups is 1. The number of esters is 1. The van der Waals surface area contributed by atoms with Crippen molar-refractivity contribution in [3.8, 4) is 11.5 Å². The van der Waals surface area contributed by atoms with E-state index in [0.717, 1.165) is 5.56 Å². The molecule has 1 atom stereocenters. The van der Waals surface area contributed by atoms with E-state index in [9.17, 15) is 9.59 Å². The third-order valence-electron chi connectivity index (χ3n) is 5.83. The summed E-state index contributed by atoms with van der Waals surface area (Å²) < 4.78 is 16.7. The number of carbonyl (C=O) groups excluding carboxylic acids is 2. The van der Waals surface area contributed by atoms with Crippen molar-refractivity contribution in [1.29, 1.82) is 0 Å². The highest BCUT2D eigenvalue weighted by Gasteiger charge is 2.42. The molecule has 0 saturated heterocycles. The molecule has 0 fully saturated rings. The molecule has 1 aromatic carbocycles. The molecule has 4 rings (SSSR count). The lowest BCUT2D eigenvalue weighted by Crippen LogP contribution is -2.38. The number of ether oxygens (including phenoxy) is 3. The Morgan fingerprint density at radius 3 is 2.76 bits per heavy atom. The molecule has 0 radical (unpaired) electrons. The van der Waals surface area contributed by atoms with Crippen molar-refractivity contribution < 1.29 is 23.8 Å². The second-order valence-corrected chi connectivity index (χ2v) is 9.01. The summed E-state index contributed by atoms with van der Waals surface area (Å²) in [5.74, 6) is 0.310. The highest BCUT2D eigenvalue weighted by molar-refractivity contribution is 8.16. The highest BCUT2D eigenvalue weighted by atomic mass is 32.2. The van der Waals surface area contributed by atoms with Crippen molar-refractivity contribution in [2.24, 2.45) is 4.99 Å². The van der Waals surface area contributed by atoms with Crippen LogP contribution in [0, 0.1) is 0 Å². The van der Waals surface area contributed by atoms with Gasteiger partial charge in [0.05, 0.1) is 38.0 Å². The first-order chi connectivity index (χ1) is 18.0. The minimum atomic E-state index is -0.651. The number of carbonyl (C=O) groups is 2. The second kappa shape index (κ2) is 11.8. The number of pyridine rings is 1. The van der Waals surface area contributed by atoms with Crippen LogP contribution in [0.3, 0.4) is 0 Å². The van der Waals surface area contributed by atoms with Crippen molar-refractivity contribution in [3.63, 3.8) is 0 Å². The van der Waals surface area contributed by atoms with Gasteiger partial charge in [0.15, 0.2) is 16.7 Å². The normalized spacial score (nSPS) is 16.4. The van der Waals surface area contributed by atoms with Gasteiger partial charge in [-0.3, -0.25) is 9.78 Å². The van der Waals surface area contributed by atoms with E-state index < -0.39 is 12.0 Å². The number of benzene rings is 1. The molecule has 37 heavy (non-hydrogen) atoms. The quantitative estimate of drug-likeness (QED) is 0.369. The fraction of sp³-hybridized carbons (Fsp3) is 0.259. The molecule has 0 spiro atoms. The van der Waals surface area contributed by atoms with E-state index in [1.165, 1.54) is 17.8 Å². The zero-order chi connectivity index (χ0) is 26.4. The molecule has 2 aromatic rings. The predicted octanol–water partition coefficient (Wildman–Crippen LogP) is 4.11. The maximum absolute atomic E-state index is 13.3. The molecular formula is C27H28N4O5S. The molecule has 10 heteroatoms. The third-order valence-corrected chi connectivity index (χ3v) is 6.72.